The van der Waals surface area contributed by atoms with Crippen molar-refractivity contribution >= 4 is 11.1 Å². The third-order valence-corrected chi connectivity index (χ3v) is 7.52. The van der Waals surface area contributed by atoms with E-state index in [9.17, 15) is 10.2 Å². The molecule has 1 unspecified atom stereocenters. The van der Waals surface area contributed by atoms with E-state index in [-0.39, 0.29) is 11.5 Å². The Balaban J connectivity index is 1.45. The largest absolute Gasteiger partial charge is 0.508 e. The molecule has 1 saturated heterocycles. The van der Waals surface area contributed by atoms with Crippen LogP contribution in [0.2, 0.25) is 0 Å². The van der Waals surface area contributed by atoms with Crippen molar-refractivity contribution < 1.29 is 24.4 Å². The van der Waals surface area contributed by atoms with E-state index in [0.717, 1.165) is 52.6 Å². The van der Waals surface area contributed by atoms with E-state index in [4.69, 9.17) is 14.2 Å². The van der Waals surface area contributed by atoms with Crippen molar-refractivity contribution in [1.82, 2.24) is 4.90 Å². The van der Waals surface area contributed by atoms with Gasteiger partial charge in [0.2, 0.25) is 0 Å². The van der Waals surface area contributed by atoms with Crippen molar-refractivity contribution in [3.63, 3.8) is 0 Å². The Labute approximate surface area is 218 Å². The maximum Gasteiger partial charge on any atom is 0.168 e. The molecule has 0 saturated carbocycles. The Morgan fingerprint density at radius 2 is 1.84 bits per heavy atom. The van der Waals surface area contributed by atoms with Gasteiger partial charge >= 0.3 is 0 Å². The summed E-state index contributed by atoms with van der Waals surface area (Å²) in [5, 5.41) is 20.6. The maximum atomic E-state index is 10.5. The van der Waals surface area contributed by atoms with Gasteiger partial charge in [-0.15, -0.1) is 0 Å². The lowest BCUT2D eigenvalue weighted by Crippen LogP contribution is -2.35. The second-order valence-electron chi connectivity index (χ2n) is 10.2. The number of rotatable bonds is 7. The van der Waals surface area contributed by atoms with Gasteiger partial charge in [0.1, 0.15) is 30.0 Å². The summed E-state index contributed by atoms with van der Waals surface area (Å²) >= 11 is 0. The molecule has 37 heavy (non-hydrogen) atoms. The zero-order valence-corrected chi connectivity index (χ0v) is 21.9. The van der Waals surface area contributed by atoms with Gasteiger partial charge in [0.05, 0.1) is 7.11 Å². The van der Waals surface area contributed by atoms with E-state index >= 15 is 0 Å². The van der Waals surface area contributed by atoms with Crippen LogP contribution in [0.5, 0.6) is 28.7 Å². The average Bonchev–Trinajstić information content (AvgIpc) is 3.34. The number of hydrogen-bond donors (Lipinski definition) is 2. The van der Waals surface area contributed by atoms with Gasteiger partial charge in [0, 0.05) is 29.3 Å². The van der Waals surface area contributed by atoms with Gasteiger partial charge in [-0.1, -0.05) is 31.2 Å². The molecule has 3 aromatic rings. The first kappa shape index (κ1) is 25.0. The summed E-state index contributed by atoms with van der Waals surface area (Å²) in [5.41, 5.74) is 4.32. The molecule has 2 aliphatic rings. The van der Waals surface area contributed by atoms with Gasteiger partial charge in [-0.3, -0.25) is 4.90 Å². The first-order valence-electron chi connectivity index (χ1n) is 12.9. The first-order chi connectivity index (χ1) is 17.9. The first-order valence-corrected chi connectivity index (χ1v) is 12.9. The molecule has 0 aromatic heterocycles. The van der Waals surface area contributed by atoms with Crippen molar-refractivity contribution in [2.75, 3.05) is 26.8 Å². The second-order valence-corrected chi connectivity index (χ2v) is 10.2. The molecule has 3 atom stereocenters. The molecule has 0 radical (unpaired) electrons. The fraction of sp³-hybridized carbons (Fsp3) is 0.355. The number of nitrogens with zero attached hydrogens (tertiary/aromatic N) is 1. The van der Waals surface area contributed by atoms with Crippen LogP contribution in [-0.4, -0.2) is 48.0 Å². The minimum absolute atomic E-state index is 0.0611. The van der Waals surface area contributed by atoms with Crippen LogP contribution < -0.4 is 14.2 Å². The zero-order chi connectivity index (χ0) is 26.1. The molecule has 0 amide bonds. The second kappa shape index (κ2) is 10.4. The lowest BCUT2D eigenvalue weighted by atomic mass is 9.85. The molecule has 194 valence electrons. The fourth-order valence-electron chi connectivity index (χ4n) is 5.40. The number of aromatic hydroxyl groups is 2. The van der Waals surface area contributed by atoms with Gasteiger partial charge < -0.3 is 24.4 Å². The van der Waals surface area contributed by atoms with E-state index in [0.29, 0.717) is 24.1 Å². The molecule has 0 aliphatic carbocycles. The highest BCUT2D eigenvalue weighted by molar-refractivity contribution is 5.97. The van der Waals surface area contributed by atoms with Gasteiger partial charge in [-0.2, -0.15) is 0 Å². The molecule has 2 aliphatic heterocycles. The van der Waals surface area contributed by atoms with Crippen molar-refractivity contribution in [1.29, 1.82) is 0 Å². The third-order valence-electron chi connectivity index (χ3n) is 7.52. The van der Waals surface area contributed by atoms with Gasteiger partial charge in [0.25, 0.3) is 0 Å². The van der Waals surface area contributed by atoms with Crippen molar-refractivity contribution in [2.45, 2.75) is 39.3 Å². The molecule has 2 N–H and O–H groups in total. The SMILES string of the molecule is COc1c(O)cccc1C1=C(C)c2cc(O)ccc2OC1c1ccc(OC[C@H](C)N2CC[C@@H](C)C2)cc1. The smallest absolute Gasteiger partial charge is 0.168 e. The van der Waals surface area contributed by atoms with Crippen LogP contribution in [0.4, 0.5) is 0 Å². The molecule has 3 aromatic carbocycles. The Bertz CT molecular complexity index is 1300. The highest BCUT2D eigenvalue weighted by Crippen LogP contribution is 2.50. The fourth-order valence-corrected chi connectivity index (χ4v) is 5.40. The molecule has 0 bridgehead atoms. The predicted octanol–water partition coefficient (Wildman–Crippen LogP) is 6.28. The topological polar surface area (TPSA) is 71.4 Å². The zero-order valence-electron chi connectivity index (χ0n) is 21.9. The summed E-state index contributed by atoms with van der Waals surface area (Å²) in [7, 11) is 1.54. The summed E-state index contributed by atoms with van der Waals surface area (Å²) in [6, 6.07) is 18.8. The Hall–Kier alpha value is -3.64. The number of methoxy groups -OCH3 is 1. The number of likely N-dealkylation sites (tertiary alicyclic amines) is 1. The number of hydrogen-bond acceptors (Lipinski definition) is 6. The molecule has 6 heteroatoms. The van der Waals surface area contributed by atoms with Crippen molar-refractivity contribution in [2.24, 2.45) is 5.92 Å². The highest BCUT2D eigenvalue weighted by atomic mass is 16.5. The molecule has 0 spiro atoms. The minimum atomic E-state index is -0.438. The number of allylic oxidation sites excluding steroid dienone is 1. The Morgan fingerprint density at radius 3 is 2.54 bits per heavy atom. The lowest BCUT2D eigenvalue weighted by molar-refractivity contribution is 0.169. The third kappa shape index (κ3) is 4.98. The number of para-hydroxylation sites is 1. The molecular weight excluding hydrogens is 466 g/mol. The van der Waals surface area contributed by atoms with Crippen molar-refractivity contribution in [3.05, 3.63) is 77.4 Å². The van der Waals surface area contributed by atoms with E-state index < -0.39 is 6.10 Å². The monoisotopic (exact) mass is 501 g/mol. The summed E-state index contributed by atoms with van der Waals surface area (Å²) in [4.78, 5) is 2.49. The molecule has 1 fully saturated rings. The van der Waals surface area contributed by atoms with Crippen LogP contribution >= 0.6 is 0 Å². The summed E-state index contributed by atoms with van der Waals surface area (Å²) in [5.74, 6) is 2.88. The van der Waals surface area contributed by atoms with Gasteiger partial charge in [-0.05, 0) is 80.3 Å². The van der Waals surface area contributed by atoms with E-state index in [1.165, 1.54) is 6.42 Å². The number of benzene rings is 3. The number of phenolic OH excluding ortho intramolecular Hbond substituents is 2. The quantitative estimate of drug-likeness (QED) is 0.397. The van der Waals surface area contributed by atoms with Crippen LogP contribution in [-0.2, 0) is 0 Å². The van der Waals surface area contributed by atoms with Crippen LogP contribution in [0.1, 0.15) is 50.0 Å². The molecular formula is C31H35NO5. The molecule has 2 heterocycles. The van der Waals surface area contributed by atoms with Gasteiger partial charge in [0.15, 0.2) is 11.5 Å². The predicted molar refractivity (Wildman–Crippen MR) is 145 cm³/mol. The van der Waals surface area contributed by atoms with E-state index in [1.807, 2.05) is 37.3 Å². The van der Waals surface area contributed by atoms with Crippen LogP contribution in [0, 0.1) is 5.92 Å². The van der Waals surface area contributed by atoms with Gasteiger partial charge in [-0.25, -0.2) is 0 Å². The Kier molecular flexibility index (Phi) is 7.02. The average molecular weight is 502 g/mol. The lowest BCUT2D eigenvalue weighted by Gasteiger charge is -2.32. The summed E-state index contributed by atoms with van der Waals surface area (Å²) in [6.45, 7) is 9.44. The van der Waals surface area contributed by atoms with Crippen LogP contribution in [0.15, 0.2) is 60.7 Å². The normalized spacial score (nSPS) is 20.3. The van der Waals surface area contributed by atoms with Crippen LogP contribution in [0.25, 0.3) is 11.1 Å². The maximum absolute atomic E-state index is 10.5. The molecule has 6 nitrogen and oxygen atoms in total. The molecule has 5 rings (SSSR count). The van der Waals surface area contributed by atoms with E-state index in [2.05, 4.69) is 18.7 Å². The number of fused-ring (bicyclic) bond motifs is 1. The summed E-state index contributed by atoms with van der Waals surface area (Å²) in [6.07, 6.45) is 0.814. The standard InChI is InChI=1S/C31H35NO5/c1-19-14-15-32(17-19)20(2)18-36-24-11-8-22(9-12-24)30-29(25-6-5-7-27(34)31(25)35-4)21(3)26-16-23(33)10-13-28(26)37-30/h5-13,16,19-20,30,33-34H,14-15,17-18H2,1-4H3/t19-,20+,30?/m1/s1. The van der Waals surface area contributed by atoms with E-state index in [1.54, 1.807) is 37.4 Å². The minimum Gasteiger partial charge on any atom is -0.508 e. The van der Waals surface area contributed by atoms with Crippen molar-refractivity contribution in [3.8, 4) is 28.7 Å². The number of phenols is 2. The Morgan fingerprint density at radius 1 is 1.05 bits per heavy atom. The van der Waals surface area contributed by atoms with Crippen LogP contribution in [0.3, 0.4) is 0 Å². The highest BCUT2D eigenvalue weighted by Gasteiger charge is 2.32. The number of ether oxygens (including phenoxy) is 3. The summed E-state index contributed by atoms with van der Waals surface area (Å²) < 4.78 is 18.2.